The molecule has 0 aliphatic carbocycles. The number of carbonyl (C=O) groups excluding carboxylic acids is 3. The number of nitrogens with one attached hydrogen (secondary N) is 1. The Balaban J connectivity index is 1.68. The van der Waals surface area contributed by atoms with E-state index in [4.69, 9.17) is 11.6 Å². The largest absolute Gasteiger partial charge is 0.358 e. The molecule has 2 aliphatic rings. The average Bonchev–Trinajstić information content (AvgIpc) is 2.78. The number of halogens is 1. The Morgan fingerprint density at radius 3 is 2.66 bits per heavy atom. The summed E-state index contributed by atoms with van der Waals surface area (Å²) in [6.45, 7) is 2.53. The number of piperidine rings is 1. The SMILES string of the molecule is Cc1ccc(Cl)cc1NC(=O)CN1C(=O)C2CCCCN2c2ccc(C(=O)N(C)C)cc21. The summed E-state index contributed by atoms with van der Waals surface area (Å²) in [5.74, 6) is -0.576. The third-order valence-corrected chi connectivity index (χ3v) is 6.29. The fourth-order valence-electron chi connectivity index (χ4n) is 4.37. The van der Waals surface area contributed by atoms with Gasteiger partial charge in [0, 0.05) is 36.9 Å². The maximum Gasteiger partial charge on any atom is 0.253 e. The van der Waals surface area contributed by atoms with E-state index in [0.29, 0.717) is 22.0 Å². The van der Waals surface area contributed by atoms with E-state index >= 15 is 0 Å². The van der Waals surface area contributed by atoms with Crippen LogP contribution in [0.15, 0.2) is 36.4 Å². The van der Waals surface area contributed by atoms with Crippen molar-refractivity contribution in [2.75, 3.05) is 42.3 Å². The quantitative estimate of drug-likeness (QED) is 0.764. The molecule has 0 spiro atoms. The highest BCUT2D eigenvalue weighted by molar-refractivity contribution is 6.31. The van der Waals surface area contributed by atoms with Crippen molar-refractivity contribution in [3.05, 3.63) is 52.5 Å². The smallest absolute Gasteiger partial charge is 0.253 e. The monoisotopic (exact) mass is 454 g/mol. The van der Waals surface area contributed by atoms with Crippen LogP contribution in [-0.4, -0.2) is 55.8 Å². The number of nitrogens with zero attached hydrogens (tertiary/aromatic N) is 3. The summed E-state index contributed by atoms with van der Waals surface area (Å²) >= 11 is 6.07. The number of aryl methyl sites for hydroxylation is 1. The number of rotatable bonds is 4. The van der Waals surface area contributed by atoms with Crippen molar-refractivity contribution in [3.63, 3.8) is 0 Å². The molecule has 1 unspecified atom stereocenters. The van der Waals surface area contributed by atoms with Crippen molar-refractivity contribution >= 4 is 46.4 Å². The van der Waals surface area contributed by atoms with Crippen LogP contribution in [0.25, 0.3) is 0 Å². The predicted octanol–water partition coefficient (Wildman–Crippen LogP) is 3.69. The first-order valence-corrected chi connectivity index (χ1v) is 11.1. The second-order valence-corrected chi connectivity index (χ2v) is 8.98. The van der Waals surface area contributed by atoms with E-state index in [1.807, 2.05) is 19.1 Å². The van der Waals surface area contributed by atoms with Crippen LogP contribution in [-0.2, 0) is 9.59 Å². The van der Waals surface area contributed by atoms with Gasteiger partial charge in [-0.05, 0) is 62.1 Å². The average molecular weight is 455 g/mol. The summed E-state index contributed by atoms with van der Waals surface area (Å²) in [7, 11) is 3.37. The topological polar surface area (TPSA) is 73.0 Å². The fraction of sp³-hybridized carbons (Fsp3) is 0.375. The van der Waals surface area contributed by atoms with Crippen LogP contribution in [0.1, 0.15) is 35.2 Å². The van der Waals surface area contributed by atoms with Gasteiger partial charge >= 0.3 is 0 Å². The number of benzene rings is 2. The molecule has 1 saturated heterocycles. The predicted molar refractivity (Wildman–Crippen MR) is 127 cm³/mol. The van der Waals surface area contributed by atoms with E-state index in [9.17, 15) is 14.4 Å². The lowest BCUT2D eigenvalue weighted by Crippen LogP contribution is -2.56. The lowest BCUT2D eigenvalue weighted by atomic mass is 9.95. The number of hydrogen-bond acceptors (Lipinski definition) is 4. The maximum absolute atomic E-state index is 13.4. The molecule has 4 rings (SSSR count). The second kappa shape index (κ2) is 8.82. The van der Waals surface area contributed by atoms with Crippen molar-refractivity contribution < 1.29 is 14.4 Å². The Bertz CT molecular complexity index is 1080. The molecule has 7 nitrogen and oxygen atoms in total. The molecule has 1 fully saturated rings. The zero-order valence-corrected chi connectivity index (χ0v) is 19.3. The minimum absolute atomic E-state index is 0.107. The lowest BCUT2D eigenvalue weighted by Gasteiger charge is -2.45. The molecule has 0 bridgehead atoms. The molecule has 2 aliphatic heterocycles. The van der Waals surface area contributed by atoms with Gasteiger partial charge in [0.2, 0.25) is 11.8 Å². The first kappa shape index (κ1) is 22.1. The normalized spacial score (nSPS) is 17.5. The minimum atomic E-state index is -0.316. The number of anilines is 3. The third-order valence-electron chi connectivity index (χ3n) is 6.06. The molecule has 0 radical (unpaired) electrons. The first-order valence-electron chi connectivity index (χ1n) is 10.8. The summed E-state index contributed by atoms with van der Waals surface area (Å²) in [4.78, 5) is 44.1. The Kier molecular flexibility index (Phi) is 6.11. The third kappa shape index (κ3) is 4.17. The van der Waals surface area contributed by atoms with Gasteiger partial charge in [0.15, 0.2) is 0 Å². The summed E-state index contributed by atoms with van der Waals surface area (Å²) in [5.41, 5.74) is 3.46. The molecule has 2 aromatic rings. The van der Waals surface area contributed by atoms with Gasteiger partial charge in [0.25, 0.3) is 5.91 Å². The summed E-state index contributed by atoms with van der Waals surface area (Å²) in [6.07, 6.45) is 2.74. The van der Waals surface area contributed by atoms with Crippen molar-refractivity contribution in [2.24, 2.45) is 0 Å². The van der Waals surface area contributed by atoms with Gasteiger partial charge in [0.05, 0.1) is 11.4 Å². The molecular weight excluding hydrogens is 428 g/mol. The highest BCUT2D eigenvalue weighted by Gasteiger charge is 2.40. The van der Waals surface area contributed by atoms with Gasteiger partial charge in [-0.1, -0.05) is 17.7 Å². The molecule has 2 aromatic carbocycles. The molecule has 0 aromatic heterocycles. The summed E-state index contributed by atoms with van der Waals surface area (Å²) in [6, 6.07) is 10.4. The van der Waals surface area contributed by atoms with E-state index in [-0.39, 0.29) is 30.3 Å². The zero-order chi connectivity index (χ0) is 23.0. The van der Waals surface area contributed by atoms with Crippen LogP contribution in [0.3, 0.4) is 0 Å². The maximum atomic E-state index is 13.4. The number of amides is 3. The Labute approximate surface area is 192 Å². The van der Waals surface area contributed by atoms with Gasteiger partial charge in [-0.3, -0.25) is 19.3 Å². The Morgan fingerprint density at radius 1 is 1.12 bits per heavy atom. The first-order chi connectivity index (χ1) is 15.3. The van der Waals surface area contributed by atoms with Crippen LogP contribution in [0.4, 0.5) is 17.1 Å². The van der Waals surface area contributed by atoms with Gasteiger partial charge in [-0.2, -0.15) is 0 Å². The highest BCUT2D eigenvalue weighted by Crippen LogP contribution is 2.40. The Hall–Kier alpha value is -3.06. The van der Waals surface area contributed by atoms with Gasteiger partial charge in [0.1, 0.15) is 12.6 Å². The van der Waals surface area contributed by atoms with Crippen LogP contribution < -0.4 is 15.1 Å². The number of carbonyl (C=O) groups is 3. The molecule has 3 amide bonds. The van der Waals surface area contributed by atoms with Crippen molar-refractivity contribution in [1.29, 1.82) is 0 Å². The van der Waals surface area contributed by atoms with Gasteiger partial charge in [-0.25, -0.2) is 0 Å². The van der Waals surface area contributed by atoms with E-state index in [1.54, 1.807) is 38.4 Å². The number of hydrogen-bond donors (Lipinski definition) is 1. The van der Waals surface area contributed by atoms with E-state index < -0.39 is 0 Å². The van der Waals surface area contributed by atoms with E-state index in [0.717, 1.165) is 37.1 Å². The highest BCUT2D eigenvalue weighted by atomic mass is 35.5. The van der Waals surface area contributed by atoms with Gasteiger partial charge < -0.3 is 15.1 Å². The molecule has 1 N–H and O–H groups in total. The van der Waals surface area contributed by atoms with Crippen LogP contribution in [0, 0.1) is 6.92 Å². The minimum Gasteiger partial charge on any atom is -0.358 e. The summed E-state index contributed by atoms with van der Waals surface area (Å²) in [5, 5.41) is 3.39. The molecule has 168 valence electrons. The molecule has 0 saturated carbocycles. The Morgan fingerprint density at radius 2 is 1.91 bits per heavy atom. The molecule has 2 heterocycles. The molecule has 1 atom stereocenters. The van der Waals surface area contributed by atoms with Crippen LogP contribution >= 0.6 is 11.6 Å². The van der Waals surface area contributed by atoms with Gasteiger partial charge in [-0.15, -0.1) is 0 Å². The van der Waals surface area contributed by atoms with E-state index in [2.05, 4.69) is 10.2 Å². The molecule has 32 heavy (non-hydrogen) atoms. The molecule has 8 heteroatoms. The molecular formula is C24H27ClN4O3. The van der Waals surface area contributed by atoms with Crippen molar-refractivity contribution in [3.8, 4) is 0 Å². The van der Waals surface area contributed by atoms with Crippen LogP contribution in [0.5, 0.6) is 0 Å². The van der Waals surface area contributed by atoms with Crippen molar-refractivity contribution in [1.82, 2.24) is 4.90 Å². The lowest BCUT2D eigenvalue weighted by molar-refractivity contribution is -0.123. The van der Waals surface area contributed by atoms with Crippen molar-refractivity contribution in [2.45, 2.75) is 32.2 Å². The second-order valence-electron chi connectivity index (χ2n) is 8.54. The fourth-order valence-corrected chi connectivity index (χ4v) is 4.55. The number of fused-ring (bicyclic) bond motifs is 3. The summed E-state index contributed by atoms with van der Waals surface area (Å²) < 4.78 is 0. The standard InChI is InChI=1S/C24H27ClN4O3/c1-15-7-9-17(25)13-18(15)26-22(30)14-29-21-12-16(23(31)27(2)3)8-10-19(21)28-11-5-4-6-20(28)24(29)32/h7-10,12-13,20H,4-6,11,14H2,1-3H3,(H,26,30). The van der Waals surface area contributed by atoms with E-state index in [1.165, 1.54) is 9.80 Å². The van der Waals surface area contributed by atoms with Crippen LogP contribution in [0.2, 0.25) is 5.02 Å². The zero-order valence-electron chi connectivity index (χ0n) is 18.5.